The summed E-state index contributed by atoms with van der Waals surface area (Å²) in [6, 6.07) is 2.18. The summed E-state index contributed by atoms with van der Waals surface area (Å²) < 4.78 is 43.4. The number of rotatable bonds is 2. The summed E-state index contributed by atoms with van der Waals surface area (Å²) >= 11 is 0.875. The number of amides is 1. The number of carbonyl (C=O) groups excluding carboxylic acids is 1. The maximum Gasteiger partial charge on any atom is 0.433 e. The Bertz CT molecular complexity index is 849. The van der Waals surface area contributed by atoms with E-state index in [9.17, 15) is 22.8 Å². The summed E-state index contributed by atoms with van der Waals surface area (Å²) in [5.41, 5.74) is -0.484. The largest absolute Gasteiger partial charge is 0.479 e. The average Bonchev–Trinajstić information content (AvgIpc) is 2.90. The molecule has 1 N–H and O–H groups in total. The van der Waals surface area contributed by atoms with Crippen molar-refractivity contribution < 1.29 is 32.6 Å². The first-order valence-corrected chi connectivity index (χ1v) is 8.11. The molecular weight excluding hydrogens is 361 g/mol. The average molecular weight is 374 g/mol. The number of ether oxygens (including phenoxy) is 1. The van der Waals surface area contributed by atoms with Crippen molar-refractivity contribution in [2.24, 2.45) is 0 Å². The molecule has 3 heterocycles. The van der Waals surface area contributed by atoms with Crippen LogP contribution in [0.1, 0.15) is 20.9 Å². The second-order valence-corrected chi connectivity index (χ2v) is 6.55. The van der Waals surface area contributed by atoms with Crippen molar-refractivity contribution in [2.45, 2.75) is 19.2 Å². The summed E-state index contributed by atoms with van der Waals surface area (Å²) in [5, 5.41) is 9.48. The van der Waals surface area contributed by atoms with Crippen molar-refractivity contribution >= 4 is 33.4 Å². The lowest BCUT2D eigenvalue weighted by molar-refractivity contribution is -0.154. The van der Waals surface area contributed by atoms with Crippen molar-refractivity contribution in [2.75, 3.05) is 19.7 Å². The number of thiophene rings is 1. The maximum atomic E-state index is 12.8. The van der Waals surface area contributed by atoms with Gasteiger partial charge in [-0.15, -0.1) is 11.3 Å². The third kappa shape index (κ3) is 3.31. The van der Waals surface area contributed by atoms with Gasteiger partial charge in [0.05, 0.1) is 18.0 Å². The Morgan fingerprint density at radius 1 is 1.40 bits per heavy atom. The molecule has 0 saturated carbocycles. The minimum Gasteiger partial charge on any atom is -0.479 e. The van der Waals surface area contributed by atoms with E-state index in [-0.39, 0.29) is 29.4 Å². The van der Waals surface area contributed by atoms with Gasteiger partial charge in [0.15, 0.2) is 6.10 Å². The number of morpholine rings is 1. The van der Waals surface area contributed by atoms with E-state index >= 15 is 0 Å². The van der Waals surface area contributed by atoms with Crippen LogP contribution < -0.4 is 0 Å². The van der Waals surface area contributed by atoms with Gasteiger partial charge in [0.2, 0.25) is 0 Å². The van der Waals surface area contributed by atoms with E-state index in [1.165, 1.54) is 11.0 Å². The number of halogens is 3. The molecule has 0 radical (unpaired) electrons. The number of aliphatic carboxylic acids is 1. The Morgan fingerprint density at radius 3 is 2.76 bits per heavy atom. The molecule has 1 atom stereocenters. The van der Waals surface area contributed by atoms with Crippen LogP contribution in [0.25, 0.3) is 10.2 Å². The number of carboxylic acid groups (broad SMARTS) is 1. The fourth-order valence-electron chi connectivity index (χ4n) is 2.59. The number of pyridine rings is 1. The van der Waals surface area contributed by atoms with Gasteiger partial charge < -0.3 is 14.7 Å². The number of carboxylic acids is 1. The Kier molecular flexibility index (Phi) is 4.41. The molecule has 1 amide bonds. The van der Waals surface area contributed by atoms with Gasteiger partial charge in [-0.2, -0.15) is 13.2 Å². The van der Waals surface area contributed by atoms with Crippen LogP contribution in [0, 0.1) is 6.92 Å². The molecule has 1 saturated heterocycles. The van der Waals surface area contributed by atoms with Crippen LogP contribution in [0.5, 0.6) is 0 Å². The Hall–Kier alpha value is -2.20. The van der Waals surface area contributed by atoms with Crippen molar-refractivity contribution in [3.63, 3.8) is 0 Å². The van der Waals surface area contributed by atoms with Gasteiger partial charge >= 0.3 is 12.1 Å². The second kappa shape index (κ2) is 6.26. The fourth-order valence-corrected chi connectivity index (χ4v) is 3.74. The topological polar surface area (TPSA) is 79.7 Å². The van der Waals surface area contributed by atoms with Gasteiger partial charge in [-0.05, 0) is 24.6 Å². The molecule has 0 spiro atoms. The molecule has 2 aromatic rings. The van der Waals surface area contributed by atoms with Crippen LogP contribution in [0.15, 0.2) is 12.1 Å². The summed E-state index contributed by atoms with van der Waals surface area (Å²) in [7, 11) is 0. The number of hydrogen-bond donors (Lipinski definition) is 1. The number of carbonyl (C=O) groups is 2. The molecule has 3 rings (SSSR count). The minimum atomic E-state index is -4.56. The summed E-state index contributed by atoms with van der Waals surface area (Å²) in [5.74, 6) is -1.59. The highest BCUT2D eigenvalue weighted by molar-refractivity contribution is 7.20. The summed E-state index contributed by atoms with van der Waals surface area (Å²) in [4.78, 5) is 29.0. The molecule has 0 aromatic carbocycles. The number of aromatic nitrogens is 1. The van der Waals surface area contributed by atoms with Gasteiger partial charge in [0, 0.05) is 11.9 Å². The number of alkyl halides is 3. The van der Waals surface area contributed by atoms with Crippen LogP contribution >= 0.6 is 11.3 Å². The highest BCUT2D eigenvalue weighted by Crippen LogP contribution is 2.34. The molecular formula is C15H13F3N2O4S. The van der Waals surface area contributed by atoms with Gasteiger partial charge in [0.25, 0.3) is 5.91 Å². The summed E-state index contributed by atoms with van der Waals surface area (Å²) in [6.07, 6.45) is -5.67. The first kappa shape index (κ1) is 17.6. The molecule has 10 heteroatoms. The zero-order valence-electron chi connectivity index (χ0n) is 13.0. The van der Waals surface area contributed by atoms with Gasteiger partial charge in [0.1, 0.15) is 10.5 Å². The number of fused-ring (bicyclic) bond motifs is 1. The molecule has 6 nitrogen and oxygen atoms in total. The van der Waals surface area contributed by atoms with E-state index in [4.69, 9.17) is 9.84 Å². The summed E-state index contributed by atoms with van der Waals surface area (Å²) in [6.45, 7) is 1.83. The highest BCUT2D eigenvalue weighted by atomic mass is 32.1. The molecule has 2 aromatic heterocycles. The van der Waals surface area contributed by atoms with Crippen molar-refractivity contribution in [3.05, 3.63) is 28.3 Å². The van der Waals surface area contributed by atoms with Crippen molar-refractivity contribution in [3.8, 4) is 0 Å². The fraction of sp³-hybridized carbons (Fsp3) is 0.400. The normalized spacial score (nSPS) is 18.6. The SMILES string of the molecule is Cc1c(C(=O)N2CCO[C@H](C(=O)O)C2)sc2nc(C(F)(F)F)ccc12. The lowest BCUT2D eigenvalue weighted by Crippen LogP contribution is -2.48. The lowest BCUT2D eigenvalue weighted by atomic mass is 10.1. The third-order valence-electron chi connectivity index (χ3n) is 3.92. The van der Waals surface area contributed by atoms with E-state index < -0.39 is 29.9 Å². The molecule has 1 fully saturated rings. The van der Waals surface area contributed by atoms with E-state index in [0.29, 0.717) is 10.9 Å². The van der Waals surface area contributed by atoms with Gasteiger partial charge in [-0.25, -0.2) is 9.78 Å². The standard InChI is InChI=1S/C15H13F3N2O4S/c1-7-8-2-3-10(15(16,17)18)19-12(8)25-11(7)13(21)20-4-5-24-9(6-20)14(22)23/h2-3,9H,4-6H2,1H3,(H,22,23)/t9-/m0/s1. The van der Waals surface area contributed by atoms with E-state index in [2.05, 4.69) is 4.98 Å². The lowest BCUT2D eigenvalue weighted by Gasteiger charge is -2.30. The Labute approximate surface area is 143 Å². The number of hydrogen-bond acceptors (Lipinski definition) is 5. The Morgan fingerprint density at radius 2 is 2.12 bits per heavy atom. The first-order valence-electron chi connectivity index (χ1n) is 7.29. The molecule has 25 heavy (non-hydrogen) atoms. The van der Waals surface area contributed by atoms with E-state index in [1.807, 2.05) is 0 Å². The third-order valence-corrected chi connectivity index (χ3v) is 5.11. The maximum absolute atomic E-state index is 12.8. The van der Waals surface area contributed by atoms with Crippen molar-refractivity contribution in [1.29, 1.82) is 0 Å². The predicted octanol–water partition coefficient (Wildman–Crippen LogP) is 2.55. The second-order valence-electron chi connectivity index (χ2n) is 5.55. The molecule has 1 aliphatic heterocycles. The van der Waals surface area contributed by atoms with Crippen LogP contribution in [0.3, 0.4) is 0 Å². The predicted molar refractivity (Wildman–Crippen MR) is 82.6 cm³/mol. The quantitative estimate of drug-likeness (QED) is 0.874. The van der Waals surface area contributed by atoms with Gasteiger partial charge in [-0.3, -0.25) is 4.79 Å². The molecule has 0 aliphatic carbocycles. The van der Waals surface area contributed by atoms with Crippen LogP contribution in [0.4, 0.5) is 13.2 Å². The molecule has 134 valence electrons. The number of nitrogens with zero attached hydrogens (tertiary/aromatic N) is 2. The Balaban J connectivity index is 1.94. The zero-order chi connectivity index (χ0) is 18.4. The van der Waals surface area contributed by atoms with E-state index in [0.717, 1.165) is 17.4 Å². The highest BCUT2D eigenvalue weighted by Gasteiger charge is 2.34. The van der Waals surface area contributed by atoms with Crippen LogP contribution in [-0.4, -0.2) is 52.7 Å². The van der Waals surface area contributed by atoms with Gasteiger partial charge in [-0.1, -0.05) is 0 Å². The number of aryl methyl sites for hydroxylation is 1. The van der Waals surface area contributed by atoms with E-state index in [1.54, 1.807) is 6.92 Å². The smallest absolute Gasteiger partial charge is 0.433 e. The van der Waals surface area contributed by atoms with Crippen molar-refractivity contribution in [1.82, 2.24) is 9.88 Å². The molecule has 0 unspecified atom stereocenters. The zero-order valence-corrected chi connectivity index (χ0v) is 13.8. The minimum absolute atomic E-state index is 0.0864. The monoisotopic (exact) mass is 374 g/mol. The molecule has 1 aliphatic rings. The van der Waals surface area contributed by atoms with Crippen LogP contribution in [-0.2, 0) is 15.7 Å². The first-order chi connectivity index (χ1) is 11.7. The van der Waals surface area contributed by atoms with Crippen LogP contribution in [0.2, 0.25) is 0 Å². The molecule has 0 bridgehead atoms.